The summed E-state index contributed by atoms with van der Waals surface area (Å²) in [5.74, 6) is 0.305. The van der Waals surface area contributed by atoms with E-state index < -0.39 is 4.92 Å². The molecule has 6 heteroatoms. The van der Waals surface area contributed by atoms with Crippen molar-refractivity contribution in [1.82, 2.24) is 0 Å². The predicted molar refractivity (Wildman–Crippen MR) is 83.1 cm³/mol. The van der Waals surface area contributed by atoms with E-state index in [2.05, 4.69) is 12.2 Å². The quantitative estimate of drug-likeness (QED) is 0.527. The maximum Gasteiger partial charge on any atom is 0.333 e. The van der Waals surface area contributed by atoms with Crippen LogP contribution in [-0.2, 0) is 4.74 Å². The van der Waals surface area contributed by atoms with E-state index in [1.54, 1.807) is 25.3 Å². The second-order valence-electron chi connectivity index (χ2n) is 4.84. The molecule has 1 aromatic carbocycles. The Hall–Kier alpha value is -1.82. The second kappa shape index (κ2) is 9.18. The fourth-order valence-corrected chi connectivity index (χ4v) is 2.12. The van der Waals surface area contributed by atoms with E-state index in [-0.39, 0.29) is 11.7 Å². The molecule has 1 rings (SSSR count). The summed E-state index contributed by atoms with van der Waals surface area (Å²) in [7, 11) is 1.62. The molecule has 118 valence electrons. The zero-order valence-corrected chi connectivity index (χ0v) is 12.9. The highest BCUT2D eigenvalue weighted by atomic mass is 16.6. The zero-order valence-electron chi connectivity index (χ0n) is 12.9. The molecule has 0 heterocycles. The third-order valence-corrected chi connectivity index (χ3v) is 3.01. The summed E-state index contributed by atoms with van der Waals surface area (Å²) in [6, 6.07) is 5.13. The summed E-state index contributed by atoms with van der Waals surface area (Å²) < 4.78 is 10.6. The minimum absolute atomic E-state index is 0.0110. The van der Waals surface area contributed by atoms with Gasteiger partial charge in [-0.3, -0.25) is 10.1 Å². The lowest BCUT2D eigenvalue weighted by Crippen LogP contribution is -2.25. The van der Waals surface area contributed by atoms with Crippen LogP contribution in [0.3, 0.4) is 0 Å². The summed E-state index contributed by atoms with van der Waals surface area (Å²) >= 11 is 0. The minimum atomic E-state index is -0.400. The van der Waals surface area contributed by atoms with Crippen molar-refractivity contribution in [3.8, 4) is 5.75 Å². The normalized spacial score (nSPS) is 12.0. The highest BCUT2D eigenvalue weighted by Gasteiger charge is 2.22. The molecule has 1 unspecified atom stereocenters. The van der Waals surface area contributed by atoms with E-state index in [1.165, 1.54) is 0 Å². The molecule has 0 aliphatic rings. The van der Waals surface area contributed by atoms with Crippen LogP contribution in [0.2, 0.25) is 0 Å². The maximum absolute atomic E-state index is 11.4. The highest BCUT2D eigenvalue weighted by Crippen LogP contribution is 2.35. The molecule has 0 spiro atoms. The van der Waals surface area contributed by atoms with Crippen LogP contribution in [0.15, 0.2) is 18.2 Å². The van der Waals surface area contributed by atoms with Gasteiger partial charge in [0, 0.05) is 13.2 Å². The molecule has 0 amide bonds. The smallest absolute Gasteiger partial charge is 0.333 e. The van der Waals surface area contributed by atoms with Gasteiger partial charge in [-0.2, -0.15) is 0 Å². The van der Waals surface area contributed by atoms with Crippen molar-refractivity contribution < 1.29 is 14.4 Å². The molecule has 1 atom stereocenters. The van der Waals surface area contributed by atoms with Crippen molar-refractivity contribution >= 4 is 11.4 Å². The molecule has 0 aromatic heterocycles. The van der Waals surface area contributed by atoms with Gasteiger partial charge in [0.25, 0.3) is 0 Å². The lowest BCUT2D eigenvalue weighted by atomic mass is 10.1. The number of nitro groups is 1. The number of nitrogens with zero attached hydrogens (tertiary/aromatic N) is 1. The average Bonchev–Trinajstić information content (AvgIpc) is 2.45. The van der Waals surface area contributed by atoms with Crippen LogP contribution in [-0.4, -0.2) is 31.3 Å². The molecular weight excluding hydrogens is 272 g/mol. The first-order valence-electron chi connectivity index (χ1n) is 7.29. The van der Waals surface area contributed by atoms with Gasteiger partial charge in [-0.05, 0) is 25.0 Å². The van der Waals surface area contributed by atoms with Gasteiger partial charge in [0.05, 0.1) is 18.1 Å². The second-order valence-corrected chi connectivity index (χ2v) is 4.84. The van der Waals surface area contributed by atoms with Gasteiger partial charge in [-0.25, -0.2) is 0 Å². The van der Waals surface area contributed by atoms with Gasteiger partial charge < -0.3 is 14.8 Å². The van der Waals surface area contributed by atoms with Crippen LogP contribution in [0.25, 0.3) is 0 Å². The van der Waals surface area contributed by atoms with Crippen LogP contribution in [0, 0.1) is 10.1 Å². The van der Waals surface area contributed by atoms with Crippen LogP contribution in [0.5, 0.6) is 5.75 Å². The number of nitrogens with one attached hydrogen (secondary N) is 1. The number of benzene rings is 1. The summed E-state index contributed by atoms with van der Waals surface area (Å²) in [5, 5.41) is 14.6. The average molecular weight is 296 g/mol. The van der Waals surface area contributed by atoms with Crippen molar-refractivity contribution in [3.05, 3.63) is 28.3 Å². The summed E-state index contributed by atoms with van der Waals surface area (Å²) in [6.07, 6.45) is 2.66. The fraction of sp³-hybridized carbons (Fsp3) is 0.600. The van der Waals surface area contributed by atoms with E-state index in [0.717, 1.165) is 19.3 Å². The number of ether oxygens (including phenoxy) is 2. The zero-order chi connectivity index (χ0) is 15.7. The Kier molecular flexibility index (Phi) is 7.53. The lowest BCUT2D eigenvalue weighted by Gasteiger charge is -2.19. The number of para-hydroxylation sites is 1. The summed E-state index contributed by atoms with van der Waals surface area (Å²) in [6.45, 7) is 5.00. The number of rotatable bonds is 10. The Morgan fingerprint density at radius 3 is 2.67 bits per heavy atom. The van der Waals surface area contributed by atoms with Crippen molar-refractivity contribution in [1.29, 1.82) is 0 Å². The number of hydrogen-bond acceptors (Lipinski definition) is 5. The Balaban J connectivity index is 3.01. The molecule has 6 nitrogen and oxygen atoms in total. The first kappa shape index (κ1) is 17.2. The monoisotopic (exact) mass is 296 g/mol. The van der Waals surface area contributed by atoms with Crippen molar-refractivity contribution in [2.75, 3.05) is 25.6 Å². The third-order valence-electron chi connectivity index (χ3n) is 3.01. The van der Waals surface area contributed by atoms with Gasteiger partial charge in [0.2, 0.25) is 0 Å². The molecule has 0 saturated heterocycles. The van der Waals surface area contributed by atoms with E-state index in [0.29, 0.717) is 24.7 Å². The molecule has 0 radical (unpaired) electrons. The topological polar surface area (TPSA) is 73.6 Å². The van der Waals surface area contributed by atoms with Gasteiger partial charge in [-0.1, -0.05) is 26.3 Å². The summed E-state index contributed by atoms with van der Waals surface area (Å²) in [4.78, 5) is 11.0. The standard InChI is InChI=1S/C15H24N2O4/c1-4-7-12(11-20-3)16-13-8-6-9-14(21-10-5-2)15(13)17(18)19/h6,8-9,12,16H,4-5,7,10-11H2,1-3H3. The van der Waals surface area contributed by atoms with Crippen molar-refractivity contribution in [2.45, 2.75) is 39.2 Å². The summed E-state index contributed by atoms with van der Waals surface area (Å²) in [5.41, 5.74) is 0.465. The molecule has 1 aromatic rings. The van der Waals surface area contributed by atoms with Crippen LogP contribution in [0.1, 0.15) is 33.1 Å². The number of anilines is 1. The van der Waals surface area contributed by atoms with E-state index in [4.69, 9.17) is 9.47 Å². The number of methoxy groups -OCH3 is 1. The molecular formula is C15H24N2O4. The molecule has 0 bridgehead atoms. The van der Waals surface area contributed by atoms with Crippen molar-refractivity contribution in [2.24, 2.45) is 0 Å². The third kappa shape index (κ3) is 5.23. The van der Waals surface area contributed by atoms with Gasteiger partial charge in [0.1, 0.15) is 5.69 Å². The molecule has 0 aliphatic carbocycles. The molecule has 0 fully saturated rings. The molecule has 21 heavy (non-hydrogen) atoms. The van der Waals surface area contributed by atoms with Gasteiger partial charge >= 0.3 is 5.69 Å². The minimum Gasteiger partial charge on any atom is -0.487 e. The molecule has 0 saturated carbocycles. The lowest BCUT2D eigenvalue weighted by molar-refractivity contribution is -0.385. The molecule has 1 N–H and O–H groups in total. The number of nitro benzene ring substituents is 1. The Morgan fingerprint density at radius 2 is 2.10 bits per heavy atom. The van der Waals surface area contributed by atoms with Crippen molar-refractivity contribution in [3.63, 3.8) is 0 Å². The first-order valence-corrected chi connectivity index (χ1v) is 7.29. The first-order chi connectivity index (χ1) is 10.1. The SMILES string of the molecule is CCCOc1cccc(NC(CCC)COC)c1[N+](=O)[O-]. The number of hydrogen-bond donors (Lipinski definition) is 1. The largest absolute Gasteiger partial charge is 0.487 e. The fourth-order valence-electron chi connectivity index (χ4n) is 2.12. The predicted octanol–water partition coefficient (Wildman–Crippen LogP) is 3.61. The Labute approximate surface area is 125 Å². The Bertz CT molecular complexity index is 445. The van der Waals surface area contributed by atoms with Gasteiger partial charge in [0.15, 0.2) is 5.75 Å². The van der Waals surface area contributed by atoms with Crippen LogP contribution >= 0.6 is 0 Å². The van der Waals surface area contributed by atoms with E-state index in [1.807, 2.05) is 6.92 Å². The maximum atomic E-state index is 11.4. The van der Waals surface area contributed by atoms with E-state index >= 15 is 0 Å². The van der Waals surface area contributed by atoms with E-state index in [9.17, 15) is 10.1 Å². The molecule has 0 aliphatic heterocycles. The van der Waals surface area contributed by atoms with Crippen LogP contribution < -0.4 is 10.1 Å². The Morgan fingerprint density at radius 1 is 1.33 bits per heavy atom. The highest BCUT2D eigenvalue weighted by molar-refractivity contribution is 5.68. The van der Waals surface area contributed by atoms with Gasteiger partial charge in [-0.15, -0.1) is 0 Å². The van der Waals surface area contributed by atoms with Crippen LogP contribution in [0.4, 0.5) is 11.4 Å².